The van der Waals surface area contributed by atoms with Crippen LogP contribution in [0.5, 0.6) is 0 Å². The van der Waals surface area contributed by atoms with Crippen LogP contribution in [0.25, 0.3) is 0 Å². The molecule has 1 aromatic carbocycles. The number of nitrogens with zero attached hydrogens (tertiary/aromatic N) is 3. The maximum absolute atomic E-state index is 12.8. The molecular weight excluding hydrogens is 464 g/mol. The average Bonchev–Trinajstić information content (AvgIpc) is 3.20. The lowest BCUT2D eigenvalue weighted by Crippen LogP contribution is -2.35. The first kappa shape index (κ1) is 20.6. The van der Waals surface area contributed by atoms with E-state index in [0.29, 0.717) is 22.7 Å². The molecule has 1 saturated heterocycles. The van der Waals surface area contributed by atoms with Gasteiger partial charge in [-0.1, -0.05) is 22.0 Å². The highest BCUT2D eigenvalue weighted by atomic mass is 79.9. The van der Waals surface area contributed by atoms with E-state index in [9.17, 15) is 9.59 Å². The Labute approximate surface area is 187 Å². The summed E-state index contributed by atoms with van der Waals surface area (Å²) in [5, 5.41) is 4.74. The van der Waals surface area contributed by atoms with Crippen LogP contribution in [0.4, 0.5) is 11.5 Å². The molecule has 8 heteroatoms. The molecule has 4 rings (SSSR count). The second-order valence-electron chi connectivity index (χ2n) is 6.98. The maximum atomic E-state index is 12.8. The second-order valence-corrected chi connectivity index (χ2v) is 8.84. The summed E-state index contributed by atoms with van der Waals surface area (Å²) >= 11 is 4.81. The Kier molecular flexibility index (Phi) is 6.44. The van der Waals surface area contributed by atoms with Crippen LogP contribution in [0, 0.1) is 0 Å². The summed E-state index contributed by atoms with van der Waals surface area (Å²) in [6.45, 7) is 2.92. The zero-order chi connectivity index (χ0) is 20.9. The lowest BCUT2D eigenvalue weighted by Gasteiger charge is -2.23. The number of benzene rings is 1. The molecule has 6 nitrogen and oxygen atoms in total. The van der Waals surface area contributed by atoms with E-state index in [0.717, 1.165) is 36.3 Å². The van der Waals surface area contributed by atoms with E-state index < -0.39 is 0 Å². The fourth-order valence-corrected chi connectivity index (χ4v) is 4.26. The molecule has 154 valence electrons. The van der Waals surface area contributed by atoms with Crippen molar-refractivity contribution in [3.63, 3.8) is 0 Å². The maximum Gasteiger partial charge on any atom is 0.265 e. The Bertz CT molecular complexity index is 1010. The lowest BCUT2D eigenvalue weighted by molar-refractivity contribution is 0.0767. The Morgan fingerprint density at radius 1 is 1.00 bits per heavy atom. The summed E-state index contributed by atoms with van der Waals surface area (Å²) in [6, 6.07) is 14.9. The van der Waals surface area contributed by atoms with Crippen molar-refractivity contribution in [2.45, 2.75) is 6.42 Å². The van der Waals surface area contributed by atoms with Crippen molar-refractivity contribution >= 4 is 50.6 Å². The highest BCUT2D eigenvalue weighted by Gasteiger charge is 2.21. The van der Waals surface area contributed by atoms with Gasteiger partial charge in [-0.05, 0) is 54.3 Å². The lowest BCUT2D eigenvalue weighted by atomic mass is 10.2. The van der Waals surface area contributed by atoms with Gasteiger partial charge in [-0.15, -0.1) is 11.3 Å². The van der Waals surface area contributed by atoms with Crippen LogP contribution in [0.15, 0.2) is 64.6 Å². The number of thiophene rings is 1. The molecule has 1 aliphatic heterocycles. The number of pyridine rings is 1. The van der Waals surface area contributed by atoms with Gasteiger partial charge in [0, 0.05) is 36.2 Å². The number of hydrogen-bond acceptors (Lipinski definition) is 5. The SMILES string of the molecule is O=C(Nc1ccc(N2CCCN(C(=O)c3ccc(Br)cc3)CC2)nc1)c1cccs1. The van der Waals surface area contributed by atoms with Crippen LogP contribution < -0.4 is 10.2 Å². The van der Waals surface area contributed by atoms with Crippen molar-refractivity contribution in [3.8, 4) is 0 Å². The summed E-state index contributed by atoms with van der Waals surface area (Å²) in [7, 11) is 0. The topological polar surface area (TPSA) is 65.5 Å². The Morgan fingerprint density at radius 2 is 1.83 bits per heavy atom. The summed E-state index contributed by atoms with van der Waals surface area (Å²) < 4.78 is 0.960. The van der Waals surface area contributed by atoms with Gasteiger partial charge in [-0.25, -0.2) is 4.98 Å². The van der Waals surface area contributed by atoms with Crippen molar-refractivity contribution < 1.29 is 9.59 Å². The van der Waals surface area contributed by atoms with Gasteiger partial charge in [0.1, 0.15) is 5.82 Å². The van der Waals surface area contributed by atoms with Crippen molar-refractivity contribution in [1.82, 2.24) is 9.88 Å². The average molecular weight is 485 g/mol. The van der Waals surface area contributed by atoms with E-state index in [1.807, 2.05) is 52.7 Å². The van der Waals surface area contributed by atoms with Crippen LogP contribution in [-0.2, 0) is 0 Å². The number of carbonyl (C=O) groups is 2. The second kappa shape index (κ2) is 9.40. The third kappa shape index (κ3) is 4.88. The predicted molar refractivity (Wildman–Crippen MR) is 123 cm³/mol. The zero-order valence-electron chi connectivity index (χ0n) is 16.3. The van der Waals surface area contributed by atoms with Gasteiger partial charge < -0.3 is 15.1 Å². The molecule has 0 atom stereocenters. The van der Waals surface area contributed by atoms with Gasteiger partial charge >= 0.3 is 0 Å². The van der Waals surface area contributed by atoms with E-state index in [-0.39, 0.29) is 11.8 Å². The molecule has 0 aliphatic carbocycles. The van der Waals surface area contributed by atoms with Crippen LogP contribution in [0.1, 0.15) is 26.5 Å². The summed E-state index contributed by atoms with van der Waals surface area (Å²) in [4.78, 5) is 34.2. The molecule has 2 amide bonds. The van der Waals surface area contributed by atoms with Crippen molar-refractivity contribution in [2.24, 2.45) is 0 Å². The Morgan fingerprint density at radius 3 is 2.53 bits per heavy atom. The minimum Gasteiger partial charge on any atom is -0.355 e. The van der Waals surface area contributed by atoms with Crippen molar-refractivity contribution in [2.75, 3.05) is 36.4 Å². The van der Waals surface area contributed by atoms with E-state index in [2.05, 4.69) is 31.1 Å². The highest BCUT2D eigenvalue weighted by Crippen LogP contribution is 2.19. The quantitative estimate of drug-likeness (QED) is 0.591. The first-order chi connectivity index (χ1) is 14.6. The van der Waals surface area contributed by atoms with Gasteiger partial charge in [0.25, 0.3) is 11.8 Å². The molecule has 0 saturated carbocycles. The molecule has 0 radical (unpaired) electrons. The third-order valence-electron chi connectivity index (χ3n) is 4.95. The number of rotatable bonds is 4. The third-order valence-corrected chi connectivity index (χ3v) is 6.35. The van der Waals surface area contributed by atoms with Crippen molar-refractivity contribution in [3.05, 3.63) is 75.0 Å². The standard InChI is InChI=1S/C22H21BrN4O2S/c23-17-6-4-16(5-7-17)22(29)27-11-2-10-26(12-13-27)20-9-8-18(15-24-20)25-21(28)19-3-1-14-30-19/h1,3-9,14-15H,2,10-13H2,(H,25,28). The van der Waals surface area contributed by atoms with E-state index in [1.54, 1.807) is 12.3 Å². The number of nitrogens with one attached hydrogen (secondary N) is 1. The minimum atomic E-state index is -0.128. The van der Waals surface area contributed by atoms with Gasteiger partial charge in [-0.3, -0.25) is 9.59 Å². The molecular formula is C22H21BrN4O2S. The molecule has 3 heterocycles. The zero-order valence-corrected chi connectivity index (χ0v) is 18.7. The number of aromatic nitrogens is 1. The number of hydrogen-bond donors (Lipinski definition) is 1. The van der Waals surface area contributed by atoms with Crippen molar-refractivity contribution in [1.29, 1.82) is 0 Å². The van der Waals surface area contributed by atoms with Crippen LogP contribution in [-0.4, -0.2) is 47.9 Å². The summed E-state index contributed by atoms with van der Waals surface area (Å²) in [6.07, 6.45) is 2.55. The molecule has 0 bridgehead atoms. The van der Waals surface area contributed by atoms with E-state index in [1.165, 1.54) is 11.3 Å². The predicted octanol–water partition coefficient (Wildman–Crippen LogP) is 4.51. The van der Waals surface area contributed by atoms with Gasteiger partial charge in [0.05, 0.1) is 16.8 Å². The molecule has 1 fully saturated rings. The fraction of sp³-hybridized carbons (Fsp3) is 0.227. The molecule has 0 spiro atoms. The van der Waals surface area contributed by atoms with Gasteiger partial charge in [0.15, 0.2) is 0 Å². The largest absolute Gasteiger partial charge is 0.355 e. The number of amides is 2. The van der Waals surface area contributed by atoms with Gasteiger partial charge in [0.2, 0.25) is 0 Å². The highest BCUT2D eigenvalue weighted by molar-refractivity contribution is 9.10. The van der Waals surface area contributed by atoms with E-state index >= 15 is 0 Å². The molecule has 1 N–H and O–H groups in total. The first-order valence-electron chi connectivity index (χ1n) is 9.71. The molecule has 3 aromatic rings. The van der Waals surface area contributed by atoms with E-state index in [4.69, 9.17) is 0 Å². The fourth-order valence-electron chi connectivity index (χ4n) is 3.37. The summed E-state index contributed by atoms with van der Waals surface area (Å²) in [5.74, 6) is 0.780. The number of anilines is 2. The number of halogens is 1. The van der Waals surface area contributed by atoms with Crippen LogP contribution in [0.3, 0.4) is 0 Å². The Hall–Kier alpha value is -2.71. The first-order valence-corrected chi connectivity index (χ1v) is 11.4. The smallest absolute Gasteiger partial charge is 0.265 e. The van der Waals surface area contributed by atoms with Gasteiger partial charge in [-0.2, -0.15) is 0 Å². The Balaban J connectivity index is 1.36. The summed E-state index contributed by atoms with van der Waals surface area (Å²) in [5.41, 5.74) is 1.37. The van der Waals surface area contributed by atoms with Crippen LogP contribution >= 0.6 is 27.3 Å². The number of carbonyl (C=O) groups excluding carboxylic acids is 2. The molecule has 30 heavy (non-hydrogen) atoms. The normalized spacial score (nSPS) is 14.3. The molecule has 0 unspecified atom stereocenters. The van der Waals surface area contributed by atoms with Crippen LogP contribution in [0.2, 0.25) is 0 Å². The molecule has 2 aromatic heterocycles. The molecule has 1 aliphatic rings. The minimum absolute atomic E-state index is 0.0592. The monoisotopic (exact) mass is 484 g/mol.